The van der Waals surface area contributed by atoms with Gasteiger partial charge in [-0.25, -0.2) is 4.98 Å². The molecule has 1 N–H and O–H groups in total. The molecule has 2 heterocycles. The predicted molar refractivity (Wildman–Crippen MR) is 68.4 cm³/mol. The molecule has 0 radical (unpaired) electrons. The molecule has 1 fully saturated rings. The molecule has 0 aromatic carbocycles. The third-order valence-electron chi connectivity index (χ3n) is 2.87. The highest BCUT2D eigenvalue weighted by atomic mass is 16.5. The zero-order chi connectivity index (χ0) is 12.1. The van der Waals surface area contributed by atoms with Crippen molar-refractivity contribution in [3.05, 3.63) is 12.3 Å². The van der Waals surface area contributed by atoms with Gasteiger partial charge in [-0.3, -0.25) is 0 Å². The summed E-state index contributed by atoms with van der Waals surface area (Å²) in [5.41, 5.74) is 0. The first-order valence-electron chi connectivity index (χ1n) is 6.07. The van der Waals surface area contributed by atoms with Crippen LogP contribution in [0, 0.1) is 5.92 Å². The predicted octanol–water partition coefficient (Wildman–Crippen LogP) is 1.38. The molecule has 1 saturated heterocycles. The second kappa shape index (κ2) is 5.82. The summed E-state index contributed by atoms with van der Waals surface area (Å²) < 4.78 is 5.45. The molecule has 1 unspecified atom stereocenters. The molecule has 2 rings (SSSR count). The summed E-state index contributed by atoms with van der Waals surface area (Å²) in [6.45, 7) is 2.69. The van der Waals surface area contributed by atoms with Crippen LogP contribution in [0.3, 0.4) is 0 Å². The number of aromatic nitrogens is 2. The number of nitrogens with one attached hydrogen (secondary N) is 1. The molecule has 1 atom stereocenters. The maximum absolute atomic E-state index is 5.45. The molecule has 0 aliphatic carbocycles. The van der Waals surface area contributed by atoms with E-state index in [0.717, 1.165) is 31.5 Å². The van der Waals surface area contributed by atoms with Crippen LogP contribution in [-0.2, 0) is 4.74 Å². The monoisotopic (exact) mass is 236 g/mol. The lowest BCUT2D eigenvalue weighted by atomic mass is 10.0. The SMILES string of the molecule is CN(C)c1nccc(NCC2CCCOC2)n1. The molecule has 1 aliphatic rings. The maximum atomic E-state index is 5.45. The van der Waals surface area contributed by atoms with Crippen LogP contribution in [-0.4, -0.2) is 43.8 Å². The topological polar surface area (TPSA) is 50.3 Å². The highest BCUT2D eigenvalue weighted by molar-refractivity contribution is 5.40. The van der Waals surface area contributed by atoms with Crippen molar-refractivity contribution < 1.29 is 4.74 Å². The van der Waals surface area contributed by atoms with Crippen molar-refractivity contribution >= 4 is 11.8 Å². The fourth-order valence-corrected chi connectivity index (χ4v) is 1.88. The molecular weight excluding hydrogens is 216 g/mol. The summed E-state index contributed by atoms with van der Waals surface area (Å²) in [5.74, 6) is 2.21. The Labute approximate surface area is 102 Å². The normalized spacial score (nSPS) is 20.0. The number of hydrogen-bond acceptors (Lipinski definition) is 5. The number of rotatable bonds is 4. The molecule has 17 heavy (non-hydrogen) atoms. The van der Waals surface area contributed by atoms with Crippen molar-refractivity contribution in [1.82, 2.24) is 9.97 Å². The zero-order valence-corrected chi connectivity index (χ0v) is 10.5. The Balaban J connectivity index is 1.87. The molecule has 1 aliphatic heterocycles. The minimum Gasteiger partial charge on any atom is -0.381 e. The largest absolute Gasteiger partial charge is 0.381 e. The van der Waals surface area contributed by atoms with Crippen LogP contribution in [0.25, 0.3) is 0 Å². The van der Waals surface area contributed by atoms with Crippen LogP contribution in [0.4, 0.5) is 11.8 Å². The first-order chi connectivity index (χ1) is 8.25. The molecule has 0 spiro atoms. The minimum atomic E-state index is 0.599. The number of hydrogen-bond donors (Lipinski definition) is 1. The Kier molecular flexibility index (Phi) is 4.14. The van der Waals surface area contributed by atoms with E-state index in [0.29, 0.717) is 5.92 Å². The van der Waals surface area contributed by atoms with Gasteiger partial charge in [0.2, 0.25) is 5.95 Å². The van der Waals surface area contributed by atoms with Crippen molar-refractivity contribution in [2.75, 3.05) is 44.1 Å². The Morgan fingerprint density at radius 3 is 3.12 bits per heavy atom. The van der Waals surface area contributed by atoms with Crippen molar-refractivity contribution in [3.63, 3.8) is 0 Å². The fourth-order valence-electron chi connectivity index (χ4n) is 1.88. The van der Waals surface area contributed by atoms with Crippen molar-refractivity contribution in [1.29, 1.82) is 0 Å². The molecule has 0 saturated carbocycles. The summed E-state index contributed by atoms with van der Waals surface area (Å²) >= 11 is 0. The molecular formula is C12H20N4O. The number of nitrogens with zero attached hydrogens (tertiary/aromatic N) is 3. The van der Waals surface area contributed by atoms with E-state index in [9.17, 15) is 0 Å². The summed E-state index contributed by atoms with van der Waals surface area (Å²) in [7, 11) is 3.88. The van der Waals surface area contributed by atoms with Gasteiger partial charge in [-0.2, -0.15) is 4.98 Å². The molecule has 0 amide bonds. The van der Waals surface area contributed by atoms with Crippen LogP contribution in [0.5, 0.6) is 0 Å². The van der Waals surface area contributed by atoms with Gasteiger partial charge in [0.25, 0.3) is 0 Å². The second-order valence-corrected chi connectivity index (χ2v) is 4.60. The van der Waals surface area contributed by atoms with Gasteiger partial charge in [-0.05, 0) is 24.8 Å². The average molecular weight is 236 g/mol. The highest BCUT2D eigenvalue weighted by Gasteiger charge is 2.13. The Hall–Kier alpha value is -1.36. The Bertz CT molecular complexity index is 350. The first-order valence-corrected chi connectivity index (χ1v) is 6.07. The van der Waals surface area contributed by atoms with Crippen LogP contribution in [0.1, 0.15) is 12.8 Å². The lowest BCUT2D eigenvalue weighted by Crippen LogP contribution is -2.24. The van der Waals surface area contributed by atoms with Crippen molar-refractivity contribution in [2.45, 2.75) is 12.8 Å². The van der Waals surface area contributed by atoms with Crippen LogP contribution in [0.15, 0.2) is 12.3 Å². The maximum Gasteiger partial charge on any atom is 0.226 e. The smallest absolute Gasteiger partial charge is 0.226 e. The Morgan fingerprint density at radius 2 is 2.41 bits per heavy atom. The molecule has 1 aromatic rings. The van der Waals surface area contributed by atoms with Crippen LogP contribution in [0.2, 0.25) is 0 Å². The summed E-state index contributed by atoms with van der Waals surface area (Å²) in [4.78, 5) is 10.5. The van der Waals surface area contributed by atoms with Gasteiger partial charge in [-0.1, -0.05) is 0 Å². The van der Waals surface area contributed by atoms with Gasteiger partial charge in [0, 0.05) is 33.4 Å². The minimum absolute atomic E-state index is 0.599. The van der Waals surface area contributed by atoms with Crippen molar-refractivity contribution in [2.24, 2.45) is 5.92 Å². The molecule has 1 aromatic heterocycles. The lowest BCUT2D eigenvalue weighted by molar-refractivity contribution is 0.0595. The third-order valence-corrected chi connectivity index (χ3v) is 2.87. The van der Waals surface area contributed by atoms with Gasteiger partial charge < -0.3 is 15.0 Å². The highest BCUT2D eigenvalue weighted by Crippen LogP contribution is 2.15. The molecule has 5 heteroatoms. The summed E-state index contributed by atoms with van der Waals surface area (Å²) in [6.07, 6.45) is 4.18. The average Bonchev–Trinajstić information content (AvgIpc) is 2.38. The van der Waals surface area contributed by atoms with E-state index in [2.05, 4.69) is 15.3 Å². The lowest BCUT2D eigenvalue weighted by Gasteiger charge is -2.22. The van der Waals surface area contributed by atoms with Gasteiger partial charge in [-0.15, -0.1) is 0 Å². The van der Waals surface area contributed by atoms with Gasteiger partial charge in [0.15, 0.2) is 0 Å². The van der Waals surface area contributed by atoms with Crippen LogP contribution >= 0.6 is 0 Å². The van der Waals surface area contributed by atoms with Gasteiger partial charge in [0.1, 0.15) is 5.82 Å². The summed E-state index contributed by atoms with van der Waals surface area (Å²) in [6, 6.07) is 1.90. The van der Waals surface area contributed by atoms with Crippen LogP contribution < -0.4 is 10.2 Å². The number of ether oxygens (including phenoxy) is 1. The van der Waals surface area contributed by atoms with E-state index in [1.165, 1.54) is 12.8 Å². The van der Waals surface area contributed by atoms with Gasteiger partial charge in [0.05, 0.1) is 6.61 Å². The fraction of sp³-hybridized carbons (Fsp3) is 0.667. The second-order valence-electron chi connectivity index (χ2n) is 4.60. The van der Waals surface area contributed by atoms with E-state index >= 15 is 0 Å². The van der Waals surface area contributed by atoms with E-state index in [1.54, 1.807) is 6.20 Å². The standard InChI is InChI=1S/C12H20N4O/c1-16(2)12-13-6-5-11(15-12)14-8-10-4-3-7-17-9-10/h5-6,10H,3-4,7-9H2,1-2H3,(H,13,14,15). The number of anilines is 2. The molecule has 0 bridgehead atoms. The third kappa shape index (κ3) is 3.56. The van der Waals surface area contributed by atoms with E-state index < -0.39 is 0 Å². The summed E-state index contributed by atoms with van der Waals surface area (Å²) in [5, 5.41) is 3.35. The van der Waals surface area contributed by atoms with E-state index in [-0.39, 0.29) is 0 Å². The molecule has 5 nitrogen and oxygen atoms in total. The van der Waals surface area contributed by atoms with E-state index in [1.807, 2.05) is 25.1 Å². The van der Waals surface area contributed by atoms with Crippen molar-refractivity contribution in [3.8, 4) is 0 Å². The molecule has 94 valence electrons. The zero-order valence-electron chi connectivity index (χ0n) is 10.5. The first kappa shape index (κ1) is 12.1. The van der Waals surface area contributed by atoms with Gasteiger partial charge >= 0.3 is 0 Å². The Morgan fingerprint density at radius 1 is 1.53 bits per heavy atom. The van der Waals surface area contributed by atoms with E-state index in [4.69, 9.17) is 4.74 Å². The quantitative estimate of drug-likeness (QED) is 0.856.